The van der Waals surface area contributed by atoms with E-state index in [-0.39, 0.29) is 0 Å². The highest BCUT2D eigenvalue weighted by Gasteiger charge is 2.09. The van der Waals surface area contributed by atoms with Gasteiger partial charge in [-0.05, 0) is 25.1 Å². The molecule has 0 unspecified atom stereocenters. The minimum absolute atomic E-state index is 0.518. The molecule has 2 aromatic heterocycles. The van der Waals surface area contributed by atoms with Crippen LogP contribution in [0.25, 0.3) is 11.0 Å². The number of imidazole rings is 1. The maximum atomic E-state index is 5.96. The molecule has 0 radical (unpaired) electrons. The molecule has 0 amide bonds. The number of hydrogen-bond donors (Lipinski definition) is 1. The normalized spacial score (nSPS) is 11.3. The summed E-state index contributed by atoms with van der Waals surface area (Å²) in [5.74, 6) is 0.518. The molecule has 0 bridgehead atoms. The minimum atomic E-state index is 0.518. The summed E-state index contributed by atoms with van der Waals surface area (Å²) in [6.45, 7) is 2.78. The molecule has 0 atom stereocenters. The summed E-state index contributed by atoms with van der Waals surface area (Å²) in [6.07, 6.45) is 0.850. The standard InChI is InChI=1S/C13H13ClN4S/c1-8-16-10(7-19-8)4-5-18-12-3-2-9(14)6-11(12)17-13(18)15/h2-3,6-7H,4-5H2,1H3,(H2,15,17). The molecule has 2 heterocycles. The van der Waals surface area contributed by atoms with Crippen LogP contribution in [0.3, 0.4) is 0 Å². The van der Waals surface area contributed by atoms with Crippen LogP contribution in [0, 0.1) is 6.92 Å². The molecule has 0 saturated carbocycles. The summed E-state index contributed by atoms with van der Waals surface area (Å²) < 4.78 is 2.00. The lowest BCUT2D eigenvalue weighted by Crippen LogP contribution is -2.05. The van der Waals surface area contributed by atoms with E-state index in [1.807, 2.05) is 29.7 Å². The van der Waals surface area contributed by atoms with Crippen molar-refractivity contribution in [2.24, 2.45) is 0 Å². The fraction of sp³-hybridized carbons (Fsp3) is 0.231. The van der Waals surface area contributed by atoms with Crippen LogP contribution in [0.5, 0.6) is 0 Å². The third kappa shape index (κ3) is 2.43. The van der Waals surface area contributed by atoms with Crippen molar-refractivity contribution in [1.82, 2.24) is 14.5 Å². The van der Waals surface area contributed by atoms with E-state index in [1.54, 1.807) is 11.3 Å². The predicted molar refractivity (Wildman–Crippen MR) is 79.7 cm³/mol. The van der Waals surface area contributed by atoms with Crippen LogP contribution in [-0.4, -0.2) is 14.5 Å². The fourth-order valence-electron chi connectivity index (χ4n) is 2.11. The van der Waals surface area contributed by atoms with E-state index in [9.17, 15) is 0 Å². The first kappa shape index (κ1) is 12.4. The lowest BCUT2D eigenvalue weighted by Gasteiger charge is -2.04. The molecule has 0 aliphatic heterocycles. The van der Waals surface area contributed by atoms with Gasteiger partial charge in [0, 0.05) is 23.4 Å². The van der Waals surface area contributed by atoms with Crippen LogP contribution in [0.4, 0.5) is 5.95 Å². The van der Waals surface area contributed by atoms with E-state index in [0.29, 0.717) is 11.0 Å². The fourth-order valence-corrected chi connectivity index (χ4v) is 2.92. The second-order valence-corrected chi connectivity index (χ2v) is 5.86. The van der Waals surface area contributed by atoms with Gasteiger partial charge in [-0.3, -0.25) is 0 Å². The third-order valence-corrected chi connectivity index (χ3v) is 4.06. The van der Waals surface area contributed by atoms with Gasteiger partial charge in [0.15, 0.2) is 0 Å². The Morgan fingerprint density at radius 3 is 2.95 bits per heavy atom. The highest BCUT2D eigenvalue weighted by molar-refractivity contribution is 7.09. The summed E-state index contributed by atoms with van der Waals surface area (Å²) >= 11 is 7.62. The Kier molecular flexibility index (Phi) is 3.16. The maximum absolute atomic E-state index is 5.96. The Hall–Kier alpha value is -1.59. The van der Waals surface area contributed by atoms with Crippen LogP contribution < -0.4 is 5.73 Å². The SMILES string of the molecule is Cc1nc(CCn2c(N)nc3cc(Cl)ccc32)cs1. The monoisotopic (exact) mass is 292 g/mol. The molecular formula is C13H13ClN4S. The summed E-state index contributed by atoms with van der Waals surface area (Å²) in [6, 6.07) is 5.64. The Morgan fingerprint density at radius 2 is 2.21 bits per heavy atom. The number of hydrogen-bond acceptors (Lipinski definition) is 4. The van der Waals surface area contributed by atoms with Gasteiger partial charge in [-0.2, -0.15) is 0 Å². The molecule has 2 N–H and O–H groups in total. The number of rotatable bonds is 3. The van der Waals surface area contributed by atoms with Crippen molar-refractivity contribution in [3.63, 3.8) is 0 Å². The molecule has 0 fully saturated rings. The molecule has 0 aliphatic carbocycles. The van der Waals surface area contributed by atoms with Crippen LogP contribution in [0.15, 0.2) is 23.6 Å². The number of thiazole rings is 1. The smallest absolute Gasteiger partial charge is 0.201 e. The number of aromatic nitrogens is 3. The number of nitrogen functional groups attached to an aromatic ring is 1. The summed E-state index contributed by atoms with van der Waals surface area (Å²) in [7, 11) is 0. The van der Waals surface area contributed by atoms with Crippen molar-refractivity contribution >= 4 is 39.9 Å². The Bertz CT molecular complexity index is 731. The van der Waals surface area contributed by atoms with Crippen molar-refractivity contribution in [2.45, 2.75) is 19.9 Å². The van der Waals surface area contributed by atoms with Crippen LogP contribution in [-0.2, 0) is 13.0 Å². The van der Waals surface area contributed by atoms with E-state index >= 15 is 0 Å². The topological polar surface area (TPSA) is 56.7 Å². The van der Waals surface area contributed by atoms with Crippen LogP contribution in [0.1, 0.15) is 10.7 Å². The average molecular weight is 293 g/mol. The Labute approximate surface area is 119 Å². The van der Waals surface area contributed by atoms with E-state index < -0.39 is 0 Å². The van der Waals surface area contributed by atoms with Crippen molar-refractivity contribution in [2.75, 3.05) is 5.73 Å². The Balaban J connectivity index is 1.90. The molecule has 4 nitrogen and oxygen atoms in total. The summed E-state index contributed by atoms with van der Waals surface area (Å²) in [4.78, 5) is 8.79. The number of halogens is 1. The highest BCUT2D eigenvalue weighted by Crippen LogP contribution is 2.22. The molecule has 0 saturated heterocycles. The molecule has 1 aromatic carbocycles. The summed E-state index contributed by atoms with van der Waals surface area (Å²) in [5.41, 5.74) is 8.90. The van der Waals surface area contributed by atoms with Crippen molar-refractivity contribution in [1.29, 1.82) is 0 Å². The number of fused-ring (bicyclic) bond motifs is 1. The second kappa shape index (κ2) is 4.83. The van der Waals surface area contributed by atoms with Gasteiger partial charge in [0.2, 0.25) is 5.95 Å². The van der Waals surface area contributed by atoms with E-state index in [4.69, 9.17) is 17.3 Å². The van der Waals surface area contributed by atoms with Gasteiger partial charge in [0.25, 0.3) is 0 Å². The maximum Gasteiger partial charge on any atom is 0.201 e. The van der Waals surface area contributed by atoms with E-state index in [0.717, 1.165) is 34.7 Å². The molecule has 6 heteroatoms. The molecule has 0 spiro atoms. The number of nitrogens with two attached hydrogens (primary N) is 1. The number of benzene rings is 1. The van der Waals surface area contributed by atoms with Crippen LogP contribution in [0.2, 0.25) is 5.02 Å². The van der Waals surface area contributed by atoms with E-state index in [2.05, 4.69) is 15.3 Å². The van der Waals surface area contributed by atoms with Crippen molar-refractivity contribution in [3.05, 3.63) is 39.3 Å². The van der Waals surface area contributed by atoms with Gasteiger partial charge < -0.3 is 10.3 Å². The average Bonchev–Trinajstić information content (AvgIpc) is 2.89. The lowest BCUT2D eigenvalue weighted by molar-refractivity contribution is 0.715. The van der Waals surface area contributed by atoms with Crippen LogP contribution >= 0.6 is 22.9 Å². The van der Waals surface area contributed by atoms with Gasteiger partial charge in [-0.1, -0.05) is 11.6 Å². The quantitative estimate of drug-likeness (QED) is 0.806. The molecule has 0 aliphatic rings. The minimum Gasteiger partial charge on any atom is -0.369 e. The third-order valence-electron chi connectivity index (χ3n) is 3.00. The first-order chi connectivity index (χ1) is 9.13. The van der Waals surface area contributed by atoms with Crippen molar-refractivity contribution < 1.29 is 0 Å². The molecule has 3 aromatic rings. The zero-order chi connectivity index (χ0) is 13.4. The van der Waals surface area contributed by atoms with Crippen molar-refractivity contribution in [3.8, 4) is 0 Å². The highest BCUT2D eigenvalue weighted by atomic mass is 35.5. The Morgan fingerprint density at radius 1 is 1.37 bits per heavy atom. The van der Waals surface area contributed by atoms with Gasteiger partial charge in [-0.15, -0.1) is 11.3 Å². The van der Waals surface area contributed by atoms with Gasteiger partial charge >= 0.3 is 0 Å². The van der Waals surface area contributed by atoms with Gasteiger partial charge in [0.1, 0.15) is 0 Å². The number of nitrogens with zero attached hydrogens (tertiary/aromatic N) is 3. The molecule has 98 valence electrons. The largest absolute Gasteiger partial charge is 0.369 e. The number of aryl methyl sites for hydroxylation is 3. The zero-order valence-corrected chi connectivity index (χ0v) is 12.0. The van der Waals surface area contributed by atoms with Gasteiger partial charge in [-0.25, -0.2) is 9.97 Å². The van der Waals surface area contributed by atoms with Gasteiger partial charge in [0.05, 0.1) is 21.7 Å². The zero-order valence-electron chi connectivity index (χ0n) is 10.4. The second-order valence-electron chi connectivity index (χ2n) is 4.36. The first-order valence-corrected chi connectivity index (χ1v) is 7.21. The van der Waals surface area contributed by atoms with E-state index in [1.165, 1.54) is 0 Å². The summed E-state index contributed by atoms with van der Waals surface area (Å²) in [5, 5.41) is 3.85. The molecular weight excluding hydrogens is 280 g/mol. The number of anilines is 1. The lowest BCUT2D eigenvalue weighted by atomic mass is 10.3. The molecule has 3 rings (SSSR count). The molecule has 19 heavy (non-hydrogen) atoms. The predicted octanol–water partition coefficient (Wildman–Crippen LogP) is 3.28. The first-order valence-electron chi connectivity index (χ1n) is 5.96.